The molecule has 3 rings (SSSR count). The fraction of sp³-hybridized carbons (Fsp3) is 0.375. The van der Waals surface area contributed by atoms with E-state index in [-0.39, 0.29) is 11.4 Å². The molecule has 2 aromatic rings. The van der Waals surface area contributed by atoms with Crippen molar-refractivity contribution in [3.63, 3.8) is 0 Å². The van der Waals surface area contributed by atoms with E-state index in [1.54, 1.807) is 6.07 Å². The molecular formula is C16H18FN. The van der Waals surface area contributed by atoms with Gasteiger partial charge in [0, 0.05) is 10.9 Å². The summed E-state index contributed by atoms with van der Waals surface area (Å²) in [6, 6.07) is 11.0. The molecule has 2 unspecified atom stereocenters. The summed E-state index contributed by atoms with van der Waals surface area (Å²) in [5, 5.41) is 1.65. The highest BCUT2D eigenvalue weighted by atomic mass is 19.1. The van der Waals surface area contributed by atoms with Gasteiger partial charge in [-0.25, -0.2) is 4.39 Å². The van der Waals surface area contributed by atoms with Crippen molar-refractivity contribution in [3.05, 3.63) is 47.8 Å². The van der Waals surface area contributed by atoms with Gasteiger partial charge in [-0.1, -0.05) is 43.7 Å². The second kappa shape index (κ2) is 4.06. The first kappa shape index (κ1) is 11.7. The predicted octanol–water partition coefficient (Wildman–Crippen LogP) is 3.95. The maximum atomic E-state index is 13.8. The van der Waals surface area contributed by atoms with Crippen molar-refractivity contribution in [2.24, 2.45) is 11.7 Å². The summed E-state index contributed by atoms with van der Waals surface area (Å²) in [6.45, 7) is 2.18. The van der Waals surface area contributed by atoms with Crippen LogP contribution in [0.4, 0.5) is 4.39 Å². The van der Waals surface area contributed by atoms with Crippen molar-refractivity contribution in [3.8, 4) is 0 Å². The lowest BCUT2D eigenvalue weighted by atomic mass is 9.95. The zero-order valence-electron chi connectivity index (χ0n) is 10.6. The van der Waals surface area contributed by atoms with Gasteiger partial charge in [0.15, 0.2) is 0 Å². The number of hydrogen-bond acceptors (Lipinski definition) is 1. The van der Waals surface area contributed by atoms with Crippen LogP contribution in [0.5, 0.6) is 0 Å². The number of fused-ring (bicyclic) bond motifs is 1. The molecule has 0 heterocycles. The lowest BCUT2D eigenvalue weighted by Crippen LogP contribution is -2.22. The van der Waals surface area contributed by atoms with Crippen LogP contribution >= 0.6 is 0 Å². The molecule has 2 aromatic carbocycles. The van der Waals surface area contributed by atoms with Gasteiger partial charge >= 0.3 is 0 Å². The summed E-state index contributed by atoms with van der Waals surface area (Å²) in [5.74, 6) is 0.391. The van der Waals surface area contributed by atoms with E-state index in [0.29, 0.717) is 11.3 Å². The maximum absolute atomic E-state index is 13.8. The minimum absolute atomic E-state index is 0.161. The molecule has 0 radical (unpaired) electrons. The van der Waals surface area contributed by atoms with Gasteiger partial charge in [-0.05, 0) is 35.8 Å². The Morgan fingerprint density at radius 2 is 1.94 bits per heavy atom. The van der Waals surface area contributed by atoms with Gasteiger partial charge in [-0.3, -0.25) is 0 Å². The molecule has 0 aliphatic heterocycles. The van der Waals surface area contributed by atoms with Crippen molar-refractivity contribution >= 4 is 10.8 Å². The smallest absolute Gasteiger partial charge is 0.131 e. The molecule has 1 aliphatic carbocycles. The Bertz CT molecular complexity index is 593. The van der Waals surface area contributed by atoms with Crippen LogP contribution < -0.4 is 5.73 Å². The quantitative estimate of drug-likeness (QED) is 0.867. The summed E-state index contributed by atoms with van der Waals surface area (Å²) in [5.41, 5.74) is 7.37. The van der Waals surface area contributed by atoms with E-state index in [9.17, 15) is 4.39 Å². The zero-order valence-corrected chi connectivity index (χ0v) is 10.6. The van der Waals surface area contributed by atoms with Crippen LogP contribution in [0.15, 0.2) is 36.4 Å². The van der Waals surface area contributed by atoms with E-state index in [2.05, 4.69) is 6.92 Å². The SMILES string of the molecule is CCCC1CC1(N)c1ccc(F)c2ccccc12. The number of nitrogens with two attached hydrogens (primary N) is 1. The molecule has 94 valence electrons. The summed E-state index contributed by atoms with van der Waals surface area (Å²) >= 11 is 0. The van der Waals surface area contributed by atoms with Crippen molar-refractivity contribution in [2.45, 2.75) is 31.7 Å². The first-order valence-corrected chi connectivity index (χ1v) is 6.63. The van der Waals surface area contributed by atoms with Crippen LogP contribution in [0.2, 0.25) is 0 Å². The average Bonchev–Trinajstić information content (AvgIpc) is 3.02. The zero-order chi connectivity index (χ0) is 12.8. The van der Waals surface area contributed by atoms with E-state index < -0.39 is 0 Å². The fourth-order valence-electron chi connectivity index (χ4n) is 3.05. The molecule has 1 nitrogen and oxygen atoms in total. The van der Waals surface area contributed by atoms with Crippen LogP contribution in [0.25, 0.3) is 10.8 Å². The summed E-state index contributed by atoms with van der Waals surface area (Å²) in [6.07, 6.45) is 3.33. The lowest BCUT2D eigenvalue weighted by molar-refractivity contribution is 0.584. The van der Waals surface area contributed by atoms with Gasteiger partial charge in [0.2, 0.25) is 0 Å². The lowest BCUT2D eigenvalue weighted by Gasteiger charge is -2.15. The molecular weight excluding hydrogens is 225 g/mol. The summed E-state index contributed by atoms with van der Waals surface area (Å²) < 4.78 is 13.8. The first-order valence-electron chi connectivity index (χ1n) is 6.63. The highest BCUT2D eigenvalue weighted by Gasteiger charge is 2.51. The Labute approximate surface area is 107 Å². The number of benzene rings is 2. The van der Waals surface area contributed by atoms with Crippen molar-refractivity contribution < 1.29 is 4.39 Å². The van der Waals surface area contributed by atoms with Crippen molar-refractivity contribution in [1.29, 1.82) is 0 Å². The number of halogens is 1. The largest absolute Gasteiger partial charge is 0.321 e. The third-order valence-corrected chi connectivity index (χ3v) is 4.16. The Hall–Kier alpha value is -1.41. The predicted molar refractivity (Wildman–Crippen MR) is 72.8 cm³/mol. The summed E-state index contributed by atoms with van der Waals surface area (Å²) in [4.78, 5) is 0. The standard InChI is InChI=1S/C16H18FN/c1-2-5-11-10-16(11,18)14-8-9-15(17)13-7-4-3-6-12(13)14/h3-4,6-9,11H,2,5,10,18H2,1H3. The van der Waals surface area contributed by atoms with Gasteiger partial charge in [-0.2, -0.15) is 0 Å². The van der Waals surface area contributed by atoms with E-state index in [0.717, 1.165) is 30.2 Å². The Kier molecular flexibility index (Phi) is 2.63. The minimum atomic E-state index is -0.233. The highest BCUT2D eigenvalue weighted by molar-refractivity contribution is 5.87. The molecule has 1 fully saturated rings. The van der Waals surface area contributed by atoms with E-state index in [1.807, 2.05) is 30.3 Å². The van der Waals surface area contributed by atoms with Crippen LogP contribution in [-0.4, -0.2) is 0 Å². The second-order valence-corrected chi connectivity index (χ2v) is 5.37. The third kappa shape index (κ3) is 1.64. The molecule has 2 N–H and O–H groups in total. The molecule has 1 aliphatic rings. The van der Waals surface area contributed by atoms with Crippen LogP contribution in [-0.2, 0) is 5.54 Å². The second-order valence-electron chi connectivity index (χ2n) is 5.37. The molecule has 0 saturated heterocycles. The Balaban J connectivity index is 2.11. The summed E-state index contributed by atoms with van der Waals surface area (Å²) in [7, 11) is 0. The van der Waals surface area contributed by atoms with Gasteiger partial charge in [0.05, 0.1) is 0 Å². The first-order chi connectivity index (χ1) is 8.66. The average molecular weight is 243 g/mol. The molecule has 1 saturated carbocycles. The molecule has 0 amide bonds. The molecule has 2 atom stereocenters. The van der Waals surface area contributed by atoms with Gasteiger partial charge in [0.1, 0.15) is 5.82 Å². The normalized spacial score (nSPS) is 26.5. The molecule has 0 bridgehead atoms. The fourth-order valence-corrected chi connectivity index (χ4v) is 3.05. The van der Waals surface area contributed by atoms with E-state index >= 15 is 0 Å². The van der Waals surface area contributed by atoms with Crippen LogP contribution in [0, 0.1) is 11.7 Å². The van der Waals surface area contributed by atoms with Gasteiger partial charge in [0.25, 0.3) is 0 Å². The highest BCUT2D eigenvalue weighted by Crippen LogP contribution is 2.53. The number of rotatable bonds is 3. The minimum Gasteiger partial charge on any atom is -0.321 e. The van der Waals surface area contributed by atoms with Gasteiger partial charge < -0.3 is 5.73 Å². The Morgan fingerprint density at radius 1 is 1.22 bits per heavy atom. The van der Waals surface area contributed by atoms with E-state index in [1.165, 1.54) is 0 Å². The monoisotopic (exact) mass is 243 g/mol. The van der Waals surface area contributed by atoms with Gasteiger partial charge in [-0.15, -0.1) is 0 Å². The van der Waals surface area contributed by atoms with Crippen molar-refractivity contribution in [1.82, 2.24) is 0 Å². The molecule has 0 aromatic heterocycles. The topological polar surface area (TPSA) is 26.0 Å². The van der Waals surface area contributed by atoms with Crippen LogP contribution in [0.1, 0.15) is 31.7 Å². The maximum Gasteiger partial charge on any atom is 0.131 e. The van der Waals surface area contributed by atoms with Crippen LogP contribution in [0.3, 0.4) is 0 Å². The third-order valence-electron chi connectivity index (χ3n) is 4.16. The Morgan fingerprint density at radius 3 is 2.67 bits per heavy atom. The molecule has 18 heavy (non-hydrogen) atoms. The molecule has 0 spiro atoms. The number of hydrogen-bond donors (Lipinski definition) is 1. The molecule has 2 heteroatoms. The van der Waals surface area contributed by atoms with Crippen molar-refractivity contribution in [2.75, 3.05) is 0 Å². The van der Waals surface area contributed by atoms with E-state index in [4.69, 9.17) is 5.73 Å².